The molecule has 0 unspecified atom stereocenters. The summed E-state index contributed by atoms with van der Waals surface area (Å²) in [5, 5.41) is 6.97. The number of nitrogens with zero attached hydrogens (tertiary/aromatic N) is 1. The second-order valence-electron chi connectivity index (χ2n) is 14.6. The third-order valence-electron chi connectivity index (χ3n) is 10.9. The standard InChI is InChI=1S/C53H41NO/c1-4-5-22-44(36-41-20-15-26-48-49-33-30-38-17-7-10-24-47(38)52(49)55-51(41)48)54(34-13-12-21-42-35-40-18-8-11-27-50(40)53(42,2)3)43-31-28-39(29-32-43)46-25-14-19-37-16-6-9-23-45(37)46/h4-36H,1H2,2-3H3/b21-12-,22-5-,34-13+,44-36-. The molecular weight excluding hydrogens is 667 g/mol. The van der Waals surface area contributed by atoms with E-state index in [0.29, 0.717) is 0 Å². The van der Waals surface area contributed by atoms with Gasteiger partial charge in [-0.2, -0.15) is 0 Å². The third kappa shape index (κ3) is 6.22. The van der Waals surface area contributed by atoms with Crippen LogP contribution in [0.15, 0.2) is 211 Å². The molecule has 0 aliphatic heterocycles. The first-order chi connectivity index (χ1) is 27.0. The molecular formula is C53H41NO. The van der Waals surface area contributed by atoms with Gasteiger partial charge in [0.25, 0.3) is 0 Å². The maximum absolute atomic E-state index is 6.75. The fourth-order valence-corrected chi connectivity index (χ4v) is 8.03. The quantitative estimate of drug-likeness (QED) is 0.139. The highest BCUT2D eigenvalue weighted by atomic mass is 16.3. The van der Waals surface area contributed by atoms with Gasteiger partial charge in [-0.3, -0.25) is 0 Å². The van der Waals surface area contributed by atoms with Crippen molar-refractivity contribution in [3.05, 3.63) is 223 Å². The lowest BCUT2D eigenvalue weighted by Gasteiger charge is -2.23. The van der Waals surface area contributed by atoms with Crippen molar-refractivity contribution in [1.82, 2.24) is 0 Å². The predicted octanol–water partition coefficient (Wildman–Crippen LogP) is 14.6. The molecule has 0 spiro atoms. The molecule has 0 fully saturated rings. The van der Waals surface area contributed by atoms with Crippen LogP contribution in [0.3, 0.4) is 0 Å². The summed E-state index contributed by atoms with van der Waals surface area (Å²) in [6, 6.07) is 51.7. The Morgan fingerprint density at radius 3 is 2.13 bits per heavy atom. The van der Waals surface area contributed by atoms with Crippen LogP contribution in [0, 0.1) is 0 Å². The zero-order valence-electron chi connectivity index (χ0n) is 31.1. The van der Waals surface area contributed by atoms with Crippen molar-refractivity contribution in [3.8, 4) is 11.1 Å². The lowest BCUT2D eigenvalue weighted by atomic mass is 9.81. The minimum Gasteiger partial charge on any atom is -0.455 e. The predicted molar refractivity (Wildman–Crippen MR) is 236 cm³/mol. The number of anilines is 1. The number of hydrogen-bond acceptors (Lipinski definition) is 2. The van der Waals surface area contributed by atoms with Crippen molar-refractivity contribution in [3.63, 3.8) is 0 Å². The molecule has 0 atom stereocenters. The molecule has 0 bridgehead atoms. The molecule has 264 valence electrons. The molecule has 0 saturated carbocycles. The van der Waals surface area contributed by atoms with Gasteiger partial charge in [0.1, 0.15) is 11.2 Å². The van der Waals surface area contributed by atoms with Crippen LogP contribution < -0.4 is 4.90 Å². The first-order valence-corrected chi connectivity index (χ1v) is 18.9. The number of fused-ring (bicyclic) bond motifs is 7. The second-order valence-corrected chi connectivity index (χ2v) is 14.6. The number of allylic oxidation sites excluding steroid dienone is 7. The van der Waals surface area contributed by atoms with Gasteiger partial charge in [0.05, 0.1) is 0 Å². The van der Waals surface area contributed by atoms with Crippen LogP contribution in [0.2, 0.25) is 0 Å². The molecule has 1 aliphatic carbocycles. The molecule has 2 heteroatoms. The maximum Gasteiger partial charge on any atom is 0.143 e. The Hall–Kier alpha value is -6.90. The summed E-state index contributed by atoms with van der Waals surface area (Å²) >= 11 is 0. The molecule has 0 amide bonds. The molecule has 8 aromatic rings. The first-order valence-electron chi connectivity index (χ1n) is 18.9. The summed E-state index contributed by atoms with van der Waals surface area (Å²) < 4.78 is 6.75. The largest absolute Gasteiger partial charge is 0.455 e. The van der Waals surface area contributed by atoms with Crippen LogP contribution in [-0.2, 0) is 5.41 Å². The summed E-state index contributed by atoms with van der Waals surface area (Å²) in [5.74, 6) is 0. The fraction of sp³-hybridized carbons (Fsp3) is 0.0566. The van der Waals surface area contributed by atoms with Gasteiger partial charge in [0.15, 0.2) is 0 Å². The molecule has 1 aromatic heterocycles. The van der Waals surface area contributed by atoms with E-state index in [9.17, 15) is 0 Å². The van der Waals surface area contributed by atoms with Crippen molar-refractivity contribution in [2.75, 3.05) is 4.90 Å². The molecule has 1 heterocycles. The van der Waals surface area contributed by atoms with Gasteiger partial charge in [0.2, 0.25) is 0 Å². The van der Waals surface area contributed by atoms with Gasteiger partial charge >= 0.3 is 0 Å². The monoisotopic (exact) mass is 707 g/mol. The van der Waals surface area contributed by atoms with E-state index in [1.54, 1.807) is 0 Å². The number of hydrogen-bond donors (Lipinski definition) is 0. The van der Waals surface area contributed by atoms with E-state index in [1.165, 1.54) is 38.6 Å². The Labute approximate surface area is 322 Å². The Morgan fingerprint density at radius 1 is 0.618 bits per heavy atom. The van der Waals surface area contributed by atoms with Gasteiger partial charge < -0.3 is 9.32 Å². The Bertz CT molecular complexity index is 2900. The highest BCUT2D eigenvalue weighted by Crippen LogP contribution is 2.42. The zero-order chi connectivity index (χ0) is 37.4. The van der Waals surface area contributed by atoms with E-state index < -0.39 is 0 Å². The Kier molecular flexibility index (Phi) is 8.72. The lowest BCUT2D eigenvalue weighted by Crippen LogP contribution is -2.15. The van der Waals surface area contributed by atoms with Gasteiger partial charge in [-0.25, -0.2) is 0 Å². The minimum atomic E-state index is -0.0631. The van der Waals surface area contributed by atoms with Crippen molar-refractivity contribution in [1.29, 1.82) is 0 Å². The maximum atomic E-state index is 6.75. The molecule has 7 aromatic carbocycles. The highest BCUT2D eigenvalue weighted by molar-refractivity contribution is 6.16. The van der Waals surface area contributed by atoms with Crippen LogP contribution in [-0.4, -0.2) is 0 Å². The topological polar surface area (TPSA) is 16.4 Å². The zero-order valence-corrected chi connectivity index (χ0v) is 31.1. The van der Waals surface area contributed by atoms with Crippen LogP contribution in [0.25, 0.3) is 66.8 Å². The number of furan rings is 1. The van der Waals surface area contributed by atoms with E-state index in [2.05, 4.69) is 214 Å². The van der Waals surface area contributed by atoms with E-state index >= 15 is 0 Å². The normalized spacial score (nSPS) is 14.2. The molecule has 55 heavy (non-hydrogen) atoms. The third-order valence-corrected chi connectivity index (χ3v) is 10.9. The summed E-state index contributed by atoms with van der Waals surface area (Å²) in [4.78, 5) is 2.23. The molecule has 0 saturated heterocycles. The van der Waals surface area contributed by atoms with Crippen molar-refractivity contribution in [2.24, 2.45) is 0 Å². The van der Waals surface area contributed by atoms with Crippen LogP contribution in [0.1, 0.15) is 30.5 Å². The number of benzene rings is 7. The molecule has 9 rings (SSSR count). The molecule has 0 radical (unpaired) electrons. The second kappa shape index (κ2) is 14.2. The minimum absolute atomic E-state index is 0.0631. The highest BCUT2D eigenvalue weighted by Gasteiger charge is 2.30. The van der Waals surface area contributed by atoms with E-state index in [1.807, 2.05) is 12.2 Å². The van der Waals surface area contributed by atoms with Crippen LogP contribution in [0.4, 0.5) is 5.69 Å². The summed E-state index contributed by atoms with van der Waals surface area (Å²) in [5.41, 5.74) is 11.0. The van der Waals surface area contributed by atoms with Crippen molar-refractivity contribution < 1.29 is 4.42 Å². The van der Waals surface area contributed by atoms with Gasteiger partial charge in [-0.15, -0.1) is 0 Å². The Morgan fingerprint density at radius 2 is 1.31 bits per heavy atom. The van der Waals surface area contributed by atoms with Crippen LogP contribution in [0.5, 0.6) is 0 Å². The van der Waals surface area contributed by atoms with E-state index in [4.69, 9.17) is 4.42 Å². The van der Waals surface area contributed by atoms with Crippen molar-refractivity contribution >= 4 is 61.3 Å². The molecule has 2 nitrogen and oxygen atoms in total. The summed E-state index contributed by atoms with van der Waals surface area (Å²) in [6.45, 7) is 8.61. The van der Waals surface area contributed by atoms with Gasteiger partial charge in [-0.05, 0) is 80.4 Å². The van der Waals surface area contributed by atoms with Gasteiger partial charge in [-0.1, -0.05) is 178 Å². The van der Waals surface area contributed by atoms with Crippen molar-refractivity contribution in [2.45, 2.75) is 19.3 Å². The van der Waals surface area contributed by atoms with Gasteiger partial charge in [0, 0.05) is 44.7 Å². The smallest absolute Gasteiger partial charge is 0.143 e. The van der Waals surface area contributed by atoms with Crippen LogP contribution >= 0.6 is 0 Å². The number of rotatable bonds is 9. The fourth-order valence-electron chi connectivity index (χ4n) is 8.03. The first kappa shape index (κ1) is 33.9. The lowest BCUT2D eigenvalue weighted by molar-refractivity contribution is 0.655. The van der Waals surface area contributed by atoms with E-state index in [-0.39, 0.29) is 5.41 Å². The SMILES string of the molecule is C=C/C=C\C(=C\c1cccc2c1oc1c3ccccc3ccc21)N(/C=C/C=C\C1=Cc2ccccc2C1(C)C)c1ccc(-c2cccc3ccccc23)cc1. The summed E-state index contributed by atoms with van der Waals surface area (Å²) in [6.07, 6.45) is 19.1. The van der Waals surface area contributed by atoms with E-state index in [0.717, 1.165) is 49.7 Å². The Balaban J connectivity index is 1.15. The molecule has 0 N–H and O–H groups in total. The average Bonchev–Trinajstić information content (AvgIpc) is 3.74. The number of para-hydroxylation sites is 1. The molecule has 1 aliphatic rings. The summed E-state index contributed by atoms with van der Waals surface area (Å²) in [7, 11) is 0. The average molecular weight is 708 g/mol.